The normalized spacial score (nSPS) is 15.8. The molecule has 0 spiro atoms. The van der Waals surface area contributed by atoms with Crippen molar-refractivity contribution >= 4 is 33.3 Å². The fourth-order valence-electron chi connectivity index (χ4n) is 2.53. The van der Waals surface area contributed by atoms with E-state index in [0.29, 0.717) is 42.7 Å². The molecule has 0 atom stereocenters. The lowest BCUT2D eigenvalue weighted by atomic mass is 9.96. The molecule has 1 aliphatic rings. The van der Waals surface area contributed by atoms with Crippen LogP contribution in [0.4, 0.5) is 11.4 Å². The topological polar surface area (TPSA) is 72.7 Å². The van der Waals surface area contributed by atoms with E-state index in [4.69, 9.17) is 4.74 Å². The average Bonchev–Trinajstić information content (AvgIpc) is 2.47. The molecule has 6 nitrogen and oxygen atoms in total. The van der Waals surface area contributed by atoms with Crippen molar-refractivity contribution in [1.29, 1.82) is 0 Å². The second kappa shape index (κ2) is 6.89. The van der Waals surface area contributed by atoms with Gasteiger partial charge >= 0.3 is 5.97 Å². The second-order valence-electron chi connectivity index (χ2n) is 4.90. The van der Waals surface area contributed by atoms with Crippen LogP contribution in [0.15, 0.2) is 22.7 Å². The van der Waals surface area contributed by atoms with Gasteiger partial charge in [0, 0.05) is 23.6 Å². The first-order chi connectivity index (χ1) is 10.0. The van der Waals surface area contributed by atoms with Crippen molar-refractivity contribution in [3.63, 3.8) is 0 Å². The van der Waals surface area contributed by atoms with Gasteiger partial charge in [-0.3, -0.25) is 14.9 Å². The third kappa shape index (κ3) is 3.72. The summed E-state index contributed by atoms with van der Waals surface area (Å²) in [4.78, 5) is 24.4. The molecule has 1 aromatic rings. The summed E-state index contributed by atoms with van der Waals surface area (Å²) < 4.78 is 5.71. The first-order valence-corrected chi connectivity index (χ1v) is 7.67. The molecule has 0 aromatic heterocycles. The minimum absolute atomic E-state index is 0.0824. The molecule has 1 aliphatic heterocycles. The lowest BCUT2D eigenvalue weighted by Crippen LogP contribution is -2.37. The van der Waals surface area contributed by atoms with E-state index < -0.39 is 0 Å². The van der Waals surface area contributed by atoms with E-state index in [0.717, 1.165) is 0 Å². The summed E-state index contributed by atoms with van der Waals surface area (Å²) in [5.74, 6) is -0.266. The Morgan fingerprint density at radius 3 is 2.71 bits per heavy atom. The van der Waals surface area contributed by atoms with Crippen molar-refractivity contribution in [3.05, 3.63) is 32.8 Å². The number of hydrogen-bond acceptors (Lipinski definition) is 5. The van der Waals surface area contributed by atoms with Crippen molar-refractivity contribution in [2.24, 2.45) is 5.92 Å². The predicted octanol–water partition coefficient (Wildman–Crippen LogP) is 3.14. The maximum Gasteiger partial charge on any atom is 0.309 e. The molecule has 0 saturated carbocycles. The molecular formula is C14H17BrN2O4. The summed E-state index contributed by atoms with van der Waals surface area (Å²) in [5, 5.41) is 11.2. The number of anilines is 1. The Morgan fingerprint density at radius 1 is 1.48 bits per heavy atom. The molecule has 1 saturated heterocycles. The van der Waals surface area contributed by atoms with Gasteiger partial charge in [-0.2, -0.15) is 0 Å². The molecule has 0 unspecified atom stereocenters. The van der Waals surface area contributed by atoms with E-state index in [-0.39, 0.29) is 22.5 Å². The molecular weight excluding hydrogens is 340 g/mol. The number of hydrogen-bond donors (Lipinski definition) is 0. The van der Waals surface area contributed by atoms with Gasteiger partial charge < -0.3 is 9.64 Å². The van der Waals surface area contributed by atoms with Gasteiger partial charge in [0.2, 0.25) is 0 Å². The van der Waals surface area contributed by atoms with E-state index in [1.165, 1.54) is 6.07 Å². The number of carbonyl (C=O) groups is 1. The maximum absolute atomic E-state index is 11.7. The average molecular weight is 357 g/mol. The van der Waals surface area contributed by atoms with E-state index in [1.54, 1.807) is 19.1 Å². The largest absolute Gasteiger partial charge is 0.466 e. The summed E-state index contributed by atoms with van der Waals surface area (Å²) >= 11 is 3.25. The van der Waals surface area contributed by atoms with Crippen LogP contribution in [0, 0.1) is 16.0 Å². The molecule has 21 heavy (non-hydrogen) atoms. The van der Waals surface area contributed by atoms with Crippen LogP contribution in [0.2, 0.25) is 0 Å². The highest BCUT2D eigenvalue weighted by Crippen LogP contribution is 2.33. The smallest absolute Gasteiger partial charge is 0.309 e. The summed E-state index contributed by atoms with van der Waals surface area (Å²) in [5.41, 5.74) is 0.685. The van der Waals surface area contributed by atoms with E-state index in [2.05, 4.69) is 15.9 Å². The molecule has 0 amide bonds. The number of nitro groups is 1. The Balaban J connectivity index is 2.09. The number of esters is 1. The van der Waals surface area contributed by atoms with Crippen molar-refractivity contribution in [2.45, 2.75) is 19.8 Å². The van der Waals surface area contributed by atoms with Gasteiger partial charge in [-0.25, -0.2) is 0 Å². The SMILES string of the molecule is CCOC(=O)C1CCN(c2ccc(Br)cc2[N+](=O)[O-])CC1. The number of nitrogens with zero attached hydrogens (tertiary/aromatic N) is 2. The second-order valence-corrected chi connectivity index (χ2v) is 5.82. The zero-order valence-corrected chi connectivity index (χ0v) is 13.3. The molecule has 1 fully saturated rings. The van der Waals surface area contributed by atoms with Gasteiger partial charge in [0.1, 0.15) is 5.69 Å². The van der Waals surface area contributed by atoms with Crippen LogP contribution in [-0.4, -0.2) is 30.6 Å². The molecule has 0 radical (unpaired) electrons. The third-order valence-electron chi connectivity index (χ3n) is 3.59. The van der Waals surface area contributed by atoms with Crippen molar-refractivity contribution in [1.82, 2.24) is 0 Å². The van der Waals surface area contributed by atoms with E-state index in [1.807, 2.05) is 4.90 Å². The van der Waals surface area contributed by atoms with Gasteiger partial charge in [0.25, 0.3) is 5.69 Å². The Morgan fingerprint density at radius 2 is 2.14 bits per heavy atom. The number of piperidine rings is 1. The third-order valence-corrected chi connectivity index (χ3v) is 4.08. The summed E-state index contributed by atoms with van der Waals surface area (Å²) in [7, 11) is 0. The van der Waals surface area contributed by atoms with Crippen LogP contribution >= 0.6 is 15.9 Å². The van der Waals surface area contributed by atoms with Crippen LogP contribution in [0.1, 0.15) is 19.8 Å². The van der Waals surface area contributed by atoms with Crippen LogP contribution in [0.3, 0.4) is 0 Å². The first-order valence-electron chi connectivity index (χ1n) is 6.88. The number of rotatable bonds is 4. The van der Waals surface area contributed by atoms with Gasteiger partial charge in [-0.1, -0.05) is 15.9 Å². The van der Waals surface area contributed by atoms with Crippen LogP contribution < -0.4 is 4.90 Å². The summed E-state index contributed by atoms with van der Waals surface area (Å²) in [6.45, 7) is 3.41. The first kappa shape index (κ1) is 15.8. The molecule has 0 N–H and O–H groups in total. The molecule has 1 heterocycles. The molecule has 7 heteroatoms. The Hall–Kier alpha value is -1.63. The zero-order chi connectivity index (χ0) is 15.4. The molecule has 2 rings (SSSR count). The Bertz CT molecular complexity index is 542. The van der Waals surface area contributed by atoms with Crippen LogP contribution in [-0.2, 0) is 9.53 Å². The maximum atomic E-state index is 11.7. The van der Waals surface area contributed by atoms with E-state index in [9.17, 15) is 14.9 Å². The molecule has 1 aromatic carbocycles. The lowest BCUT2D eigenvalue weighted by Gasteiger charge is -2.32. The zero-order valence-electron chi connectivity index (χ0n) is 11.8. The van der Waals surface area contributed by atoms with Gasteiger partial charge in [0.15, 0.2) is 0 Å². The highest BCUT2D eigenvalue weighted by atomic mass is 79.9. The van der Waals surface area contributed by atoms with Gasteiger partial charge in [-0.15, -0.1) is 0 Å². The molecule has 114 valence electrons. The van der Waals surface area contributed by atoms with Gasteiger partial charge in [-0.05, 0) is 31.9 Å². The summed E-state index contributed by atoms with van der Waals surface area (Å²) in [6, 6.07) is 5.04. The van der Waals surface area contributed by atoms with Crippen molar-refractivity contribution in [3.8, 4) is 0 Å². The fourth-order valence-corrected chi connectivity index (χ4v) is 2.88. The van der Waals surface area contributed by atoms with Crippen LogP contribution in [0.5, 0.6) is 0 Å². The minimum Gasteiger partial charge on any atom is -0.466 e. The van der Waals surface area contributed by atoms with E-state index >= 15 is 0 Å². The highest BCUT2D eigenvalue weighted by Gasteiger charge is 2.29. The standard InChI is InChI=1S/C14H17BrN2O4/c1-2-21-14(18)10-5-7-16(8-6-10)12-4-3-11(15)9-13(12)17(19)20/h3-4,9-10H,2,5-8H2,1H3. The quantitative estimate of drug-likeness (QED) is 0.470. The number of benzene rings is 1. The van der Waals surface area contributed by atoms with Crippen molar-refractivity contribution < 1.29 is 14.5 Å². The number of halogens is 1. The number of nitro benzene ring substituents is 1. The van der Waals surface area contributed by atoms with Crippen molar-refractivity contribution in [2.75, 3.05) is 24.6 Å². The number of carbonyl (C=O) groups excluding carboxylic acids is 1. The van der Waals surface area contributed by atoms with Gasteiger partial charge in [0.05, 0.1) is 17.4 Å². The fraction of sp³-hybridized carbons (Fsp3) is 0.500. The lowest BCUT2D eigenvalue weighted by molar-refractivity contribution is -0.384. The molecule has 0 aliphatic carbocycles. The Labute approximate surface area is 131 Å². The minimum atomic E-state index is -0.377. The van der Waals surface area contributed by atoms with Crippen LogP contribution in [0.25, 0.3) is 0 Å². The monoisotopic (exact) mass is 356 g/mol. The Kier molecular flexibility index (Phi) is 5.17. The highest BCUT2D eigenvalue weighted by molar-refractivity contribution is 9.10. The predicted molar refractivity (Wildman–Crippen MR) is 82.4 cm³/mol. The number of ether oxygens (including phenoxy) is 1. The molecule has 0 bridgehead atoms. The summed E-state index contributed by atoms with van der Waals surface area (Å²) in [6.07, 6.45) is 1.32.